The van der Waals surface area contributed by atoms with Crippen LogP contribution in [0.4, 0.5) is 16.2 Å². The lowest BCUT2D eigenvalue weighted by Gasteiger charge is -2.08. The third kappa shape index (κ3) is 3.89. The van der Waals surface area contributed by atoms with Crippen LogP contribution >= 0.6 is 0 Å². The van der Waals surface area contributed by atoms with Crippen molar-refractivity contribution in [2.24, 2.45) is 0 Å². The quantitative estimate of drug-likeness (QED) is 0.590. The molecule has 0 radical (unpaired) electrons. The van der Waals surface area contributed by atoms with Crippen molar-refractivity contribution in [1.29, 1.82) is 0 Å². The van der Waals surface area contributed by atoms with Gasteiger partial charge in [-0.1, -0.05) is 25.5 Å². The molecule has 0 bridgehead atoms. The van der Waals surface area contributed by atoms with E-state index in [1.165, 1.54) is 0 Å². The van der Waals surface area contributed by atoms with Crippen molar-refractivity contribution in [1.82, 2.24) is 0 Å². The Morgan fingerprint density at radius 1 is 1.47 bits per heavy atom. The fraction of sp³-hybridized carbons (Fsp3) is 0.364. The molecule has 4 nitrogen and oxygen atoms in total. The van der Waals surface area contributed by atoms with E-state index in [2.05, 4.69) is 5.32 Å². The number of unbranched alkanes of at least 4 members (excludes halogenated alkanes) is 1. The van der Waals surface area contributed by atoms with Crippen LogP contribution in [0.15, 0.2) is 24.3 Å². The minimum absolute atomic E-state index is 0.440. The van der Waals surface area contributed by atoms with Crippen LogP contribution in [0, 0.1) is 0 Å². The van der Waals surface area contributed by atoms with E-state index in [1.54, 1.807) is 18.2 Å². The van der Waals surface area contributed by atoms with Gasteiger partial charge in [-0.2, -0.15) is 0 Å². The van der Waals surface area contributed by atoms with Crippen molar-refractivity contribution in [2.45, 2.75) is 19.8 Å². The first kappa shape index (κ1) is 11.4. The van der Waals surface area contributed by atoms with E-state index in [0.29, 0.717) is 18.0 Å². The molecule has 3 N–H and O–H groups in total. The van der Waals surface area contributed by atoms with Gasteiger partial charge in [0.25, 0.3) is 0 Å². The molecule has 0 fully saturated rings. The maximum absolute atomic E-state index is 11.3. The van der Waals surface area contributed by atoms with E-state index in [0.717, 1.165) is 12.8 Å². The maximum atomic E-state index is 11.3. The highest BCUT2D eigenvalue weighted by Crippen LogP contribution is 2.16. The molecular weight excluding hydrogens is 192 g/mol. The number of nitrogens with one attached hydrogen (secondary N) is 1. The SMILES string of the molecule is CCCCOC(=O)Nc1ccccc1N. The van der Waals surface area contributed by atoms with E-state index in [1.807, 2.05) is 13.0 Å². The van der Waals surface area contributed by atoms with Gasteiger partial charge in [0.2, 0.25) is 0 Å². The standard InChI is InChI=1S/C11H16N2O2/c1-2-3-8-15-11(14)13-10-7-5-4-6-9(10)12/h4-7H,2-3,8,12H2,1H3,(H,13,14). The summed E-state index contributed by atoms with van der Waals surface area (Å²) in [4.78, 5) is 11.3. The van der Waals surface area contributed by atoms with E-state index >= 15 is 0 Å². The highest BCUT2D eigenvalue weighted by atomic mass is 16.5. The van der Waals surface area contributed by atoms with Crippen LogP contribution in [-0.4, -0.2) is 12.7 Å². The Hall–Kier alpha value is -1.71. The second-order valence-corrected chi connectivity index (χ2v) is 3.20. The minimum Gasteiger partial charge on any atom is -0.449 e. The lowest BCUT2D eigenvalue weighted by atomic mass is 10.3. The van der Waals surface area contributed by atoms with Crippen molar-refractivity contribution < 1.29 is 9.53 Å². The van der Waals surface area contributed by atoms with Crippen LogP contribution in [0.5, 0.6) is 0 Å². The van der Waals surface area contributed by atoms with Gasteiger partial charge >= 0.3 is 6.09 Å². The predicted octanol–water partition coefficient (Wildman–Crippen LogP) is 2.62. The van der Waals surface area contributed by atoms with Gasteiger partial charge in [0.1, 0.15) is 0 Å². The molecule has 0 aliphatic heterocycles. The van der Waals surface area contributed by atoms with Gasteiger partial charge in [0, 0.05) is 0 Å². The molecule has 0 unspecified atom stereocenters. The summed E-state index contributed by atoms with van der Waals surface area (Å²) in [6.07, 6.45) is 1.42. The molecule has 15 heavy (non-hydrogen) atoms. The van der Waals surface area contributed by atoms with E-state index < -0.39 is 6.09 Å². The lowest BCUT2D eigenvalue weighted by Crippen LogP contribution is -2.15. The molecule has 82 valence electrons. The molecule has 0 spiro atoms. The summed E-state index contributed by atoms with van der Waals surface area (Å²) in [5, 5.41) is 2.58. The number of ether oxygens (including phenoxy) is 1. The zero-order valence-corrected chi connectivity index (χ0v) is 8.82. The van der Waals surface area contributed by atoms with Gasteiger partial charge in [0.05, 0.1) is 18.0 Å². The summed E-state index contributed by atoms with van der Waals surface area (Å²) in [6.45, 7) is 2.48. The summed E-state index contributed by atoms with van der Waals surface area (Å²) >= 11 is 0. The fourth-order valence-corrected chi connectivity index (χ4v) is 1.07. The number of nitrogens with two attached hydrogens (primary N) is 1. The van der Waals surface area contributed by atoms with Crippen LogP contribution < -0.4 is 11.1 Å². The van der Waals surface area contributed by atoms with Gasteiger partial charge in [-0.05, 0) is 18.6 Å². The number of nitrogen functional groups attached to an aromatic ring is 1. The summed E-state index contributed by atoms with van der Waals surface area (Å²) in [5.74, 6) is 0. The molecule has 1 amide bonds. The van der Waals surface area contributed by atoms with E-state index in [4.69, 9.17) is 10.5 Å². The number of carbonyl (C=O) groups excluding carboxylic acids is 1. The van der Waals surface area contributed by atoms with E-state index in [-0.39, 0.29) is 0 Å². The smallest absolute Gasteiger partial charge is 0.411 e. The number of hydrogen-bond donors (Lipinski definition) is 2. The summed E-state index contributed by atoms with van der Waals surface area (Å²) in [7, 11) is 0. The Morgan fingerprint density at radius 3 is 2.87 bits per heavy atom. The molecule has 0 heterocycles. The number of benzene rings is 1. The molecule has 0 atom stereocenters. The molecular formula is C11H16N2O2. The predicted molar refractivity (Wildman–Crippen MR) is 60.7 cm³/mol. The van der Waals surface area contributed by atoms with Gasteiger partial charge in [-0.15, -0.1) is 0 Å². The first-order valence-electron chi connectivity index (χ1n) is 5.02. The first-order chi connectivity index (χ1) is 7.24. The molecule has 0 aliphatic carbocycles. The van der Waals surface area contributed by atoms with Gasteiger partial charge < -0.3 is 10.5 Å². The van der Waals surface area contributed by atoms with Crippen LogP contribution in [0.1, 0.15) is 19.8 Å². The summed E-state index contributed by atoms with van der Waals surface area (Å²) < 4.78 is 4.94. The topological polar surface area (TPSA) is 64.3 Å². The second kappa shape index (κ2) is 5.90. The Balaban J connectivity index is 2.41. The maximum Gasteiger partial charge on any atom is 0.411 e. The molecule has 1 rings (SSSR count). The highest BCUT2D eigenvalue weighted by molar-refractivity contribution is 5.88. The number of carbonyl (C=O) groups is 1. The fourth-order valence-electron chi connectivity index (χ4n) is 1.07. The number of anilines is 2. The van der Waals surface area contributed by atoms with Crippen molar-refractivity contribution in [3.05, 3.63) is 24.3 Å². The second-order valence-electron chi connectivity index (χ2n) is 3.20. The number of amides is 1. The van der Waals surface area contributed by atoms with Crippen molar-refractivity contribution in [2.75, 3.05) is 17.7 Å². The number of rotatable bonds is 4. The molecule has 1 aromatic carbocycles. The van der Waals surface area contributed by atoms with Crippen molar-refractivity contribution in [3.8, 4) is 0 Å². The Morgan fingerprint density at radius 2 is 2.20 bits per heavy atom. The molecule has 0 aromatic heterocycles. The Kier molecular flexibility index (Phi) is 4.47. The molecule has 0 saturated carbocycles. The molecule has 1 aromatic rings. The van der Waals surface area contributed by atoms with Crippen molar-refractivity contribution >= 4 is 17.5 Å². The molecule has 4 heteroatoms. The normalized spacial score (nSPS) is 9.67. The average Bonchev–Trinajstić information content (AvgIpc) is 2.22. The molecule has 0 saturated heterocycles. The highest BCUT2D eigenvalue weighted by Gasteiger charge is 2.04. The average molecular weight is 208 g/mol. The minimum atomic E-state index is -0.457. The van der Waals surface area contributed by atoms with Crippen LogP contribution in [0.2, 0.25) is 0 Å². The summed E-state index contributed by atoms with van der Waals surface area (Å²) in [6, 6.07) is 7.07. The molecule has 0 aliphatic rings. The van der Waals surface area contributed by atoms with Gasteiger partial charge in [-0.25, -0.2) is 4.79 Å². The van der Waals surface area contributed by atoms with Crippen LogP contribution in [-0.2, 0) is 4.74 Å². The zero-order valence-electron chi connectivity index (χ0n) is 8.82. The van der Waals surface area contributed by atoms with Gasteiger partial charge in [-0.3, -0.25) is 5.32 Å². The number of para-hydroxylation sites is 2. The van der Waals surface area contributed by atoms with E-state index in [9.17, 15) is 4.79 Å². The Bertz CT molecular complexity index is 326. The number of hydrogen-bond acceptors (Lipinski definition) is 3. The third-order valence-electron chi connectivity index (χ3n) is 1.93. The van der Waals surface area contributed by atoms with Crippen molar-refractivity contribution in [3.63, 3.8) is 0 Å². The lowest BCUT2D eigenvalue weighted by molar-refractivity contribution is 0.160. The first-order valence-corrected chi connectivity index (χ1v) is 5.02. The largest absolute Gasteiger partial charge is 0.449 e. The summed E-state index contributed by atoms with van der Waals surface area (Å²) in [5.41, 5.74) is 6.77. The zero-order chi connectivity index (χ0) is 11.1. The Labute approximate surface area is 89.4 Å². The van der Waals surface area contributed by atoms with Gasteiger partial charge in [0.15, 0.2) is 0 Å². The van der Waals surface area contributed by atoms with Crippen LogP contribution in [0.25, 0.3) is 0 Å². The third-order valence-corrected chi connectivity index (χ3v) is 1.93. The monoisotopic (exact) mass is 208 g/mol. The van der Waals surface area contributed by atoms with Crippen LogP contribution in [0.3, 0.4) is 0 Å².